The Kier molecular flexibility index (Phi) is 5.33. The third-order valence-corrected chi connectivity index (χ3v) is 4.00. The third kappa shape index (κ3) is 4.29. The summed E-state index contributed by atoms with van der Waals surface area (Å²) in [6.07, 6.45) is 0. The zero-order valence-electron chi connectivity index (χ0n) is 12.7. The number of rotatable bonds is 4. The van der Waals surface area contributed by atoms with Crippen LogP contribution in [0.3, 0.4) is 0 Å². The standard InChI is InChI=1S/C16H23N3O2/c1-13(18-8-10-19(11-9-18)14(2)20)16(21)17-12-15-6-4-3-5-7-15/h3-7,13H,8-12H2,1-2H3,(H,17,21). The quantitative estimate of drug-likeness (QED) is 0.894. The highest BCUT2D eigenvalue weighted by Gasteiger charge is 2.26. The molecule has 1 fully saturated rings. The Hall–Kier alpha value is -1.88. The van der Waals surface area contributed by atoms with Gasteiger partial charge in [-0.1, -0.05) is 30.3 Å². The van der Waals surface area contributed by atoms with E-state index in [9.17, 15) is 9.59 Å². The summed E-state index contributed by atoms with van der Waals surface area (Å²) in [7, 11) is 0. The van der Waals surface area contributed by atoms with Gasteiger partial charge in [0, 0.05) is 39.6 Å². The fourth-order valence-corrected chi connectivity index (χ4v) is 2.52. The normalized spacial score (nSPS) is 17.3. The van der Waals surface area contributed by atoms with Crippen molar-refractivity contribution in [3.05, 3.63) is 35.9 Å². The highest BCUT2D eigenvalue weighted by Crippen LogP contribution is 2.07. The molecular formula is C16H23N3O2. The van der Waals surface area contributed by atoms with Crippen molar-refractivity contribution in [3.8, 4) is 0 Å². The summed E-state index contributed by atoms with van der Waals surface area (Å²) in [6.45, 7) is 6.96. The molecule has 1 atom stereocenters. The van der Waals surface area contributed by atoms with Crippen molar-refractivity contribution >= 4 is 11.8 Å². The van der Waals surface area contributed by atoms with E-state index in [1.165, 1.54) is 0 Å². The van der Waals surface area contributed by atoms with Crippen LogP contribution >= 0.6 is 0 Å². The molecule has 1 N–H and O–H groups in total. The van der Waals surface area contributed by atoms with E-state index < -0.39 is 0 Å². The first-order valence-corrected chi connectivity index (χ1v) is 7.39. The van der Waals surface area contributed by atoms with Crippen molar-refractivity contribution in [1.82, 2.24) is 15.1 Å². The van der Waals surface area contributed by atoms with Gasteiger partial charge in [0.15, 0.2) is 0 Å². The van der Waals surface area contributed by atoms with Gasteiger partial charge in [0.05, 0.1) is 6.04 Å². The van der Waals surface area contributed by atoms with Crippen LogP contribution in [0.5, 0.6) is 0 Å². The molecule has 0 spiro atoms. The van der Waals surface area contributed by atoms with Gasteiger partial charge in [0.25, 0.3) is 0 Å². The van der Waals surface area contributed by atoms with E-state index in [4.69, 9.17) is 0 Å². The first kappa shape index (κ1) is 15.5. The van der Waals surface area contributed by atoms with Crippen LogP contribution in [0.1, 0.15) is 19.4 Å². The minimum Gasteiger partial charge on any atom is -0.351 e. The molecule has 0 radical (unpaired) electrons. The van der Waals surface area contributed by atoms with Gasteiger partial charge < -0.3 is 10.2 Å². The molecular weight excluding hydrogens is 266 g/mol. The second kappa shape index (κ2) is 7.22. The summed E-state index contributed by atoms with van der Waals surface area (Å²) < 4.78 is 0. The molecule has 0 saturated carbocycles. The van der Waals surface area contributed by atoms with E-state index in [1.807, 2.05) is 42.2 Å². The lowest BCUT2D eigenvalue weighted by atomic mass is 10.2. The Labute approximate surface area is 125 Å². The number of nitrogens with one attached hydrogen (secondary N) is 1. The number of amides is 2. The molecule has 0 bridgehead atoms. The van der Waals surface area contributed by atoms with E-state index in [1.54, 1.807) is 6.92 Å². The fraction of sp³-hybridized carbons (Fsp3) is 0.500. The first-order valence-electron chi connectivity index (χ1n) is 7.39. The topological polar surface area (TPSA) is 52.7 Å². The summed E-state index contributed by atoms with van der Waals surface area (Å²) in [5, 5.41) is 2.97. The summed E-state index contributed by atoms with van der Waals surface area (Å²) in [6, 6.07) is 9.72. The fourth-order valence-electron chi connectivity index (χ4n) is 2.52. The molecule has 0 aliphatic carbocycles. The Morgan fingerprint density at radius 1 is 1.14 bits per heavy atom. The van der Waals surface area contributed by atoms with Crippen LogP contribution in [0.2, 0.25) is 0 Å². The van der Waals surface area contributed by atoms with Crippen LogP contribution in [-0.2, 0) is 16.1 Å². The monoisotopic (exact) mass is 289 g/mol. The summed E-state index contributed by atoms with van der Waals surface area (Å²) in [5.41, 5.74) is 1.10. The maximum Gasteiger partial charge on any atom is 0.237 e. The average molecular weight is 289 g/mol. The SMILES string of the molecule is CC(=O)N1CCN(C(C)C(=O)NCc2ccccc2)CC1. The molecule has 5 heteroatoms. The van der Waals surface area contributed by atoms with Gasteiger partial charge in [-0.3, -0.25) is 14.5 Å². The molecule has 5 nitrogen and oxygen atoms in total. The molecule has 0 aromatic heterocycles. The van der Waals surface area contributed by atoms with Crippen LogP contribution in [0.4, 0.5) is 0 Å². The van der Waals surface area contributed by atoms with Crippen LogP contribution in [0.25, 0.3) is 0 Å². The Morgan fingerprint density at radius 2 is 1.76 bits per heavy atom. The van der Waals surface area contributed by atoms with Crippen molar-refractivity contribution in [2.24, 2.45) is 0 Å². The number of nitrogens with zero attached hydrogens (tertiary/aromatic N) is 2. The van der Waals surface area contributed by atoms with Gasteiger partial charge in [-0.05, 0) is 12.5 Å². The van der Waals surface area contributed by atoms with Gasteiger partial charge in [0.2, 0.25) is 11.8 Å². The van der Waals surface area contributed by atoms with E-state index in [0.717, 1.165) is 18.7 Å². The average Bonchev–Trinajstić information content (AvgIpc) is 2.53. The predicted molar refractivity (Wildman–Crippen MR) is 81.6 cm³/mol. The van der Waals surface area contributed by atoms with E-state index in [2.05, 4.69) is 10.2 Å². The van der Waals surface area contributed by atoms with Gasteiger partial charge >= 0.3 is 0 Å². The predicted octanol–water partition coefficient (Wildman–Crippen LogP) is 0.855. The molecule has 1 unspecified atom stereocenters. The van der Waals surface area contributed by atoms with E-state index in [-0.39, 0.29) is 17.9 Å². The lowest BCUT2D eigenvalue weighted by Crippen LogP contribution is -2.54. The largest absolute Gasteiger partial charge is 0.351 e. The number of hydrogen-bond donors (Lipinski definition) is 1. The number of benzene rings is 1. The summed E-state index contributed by atoms with van der Waals surface area (Å²) >= 11 is 0. The van der Waals surface area contributed by atoms with E-state index >= 15 is 0 Å². The van der Waals surface area contributed by atoms with Crippen LogP contribution in [0.15, 0.2) is 30.3 Å². The van der Waals surface area contributed by atoms with Crippen molar-refractivity contribution in [3.63, 3.8) is 0 Å². The number of hydrogen-bond acceptors (Lipinski definition) is 3. The molecule has 1 saturated heterocycles. The summed E-state index contributed by atoms with van der Waals surface area (Å²) in [4.78, 5) is 27.4. The zero-order valence-corrected chi connectivity index (χ0v) is 12.7. The molecule has 1 aromatic rings. The van der Waals surface area contributed by atoms with Gasteiger partial charge in [-0.15, -0.1) is 0 Å². The molecule has 2 rings (SSSR count). The maximum absolute atomic E-state index is 12.2. The maximum atomic E-state index is 12.2. The number of carbonyl (C=O) groups excluding carboxylic acids is 2. The van der Waals surface area contributed by atoms with Crippen LogP contribution < -0.4 is 5.32 Å². The van der Waals surface area contributed by atoms with Gasteiger partial charge in [-0.2, -0.15) is 0 Å². The molecule has 1 aliphatic heterocycles. The Bertz CT molecular complexity index is 482. The molecule has 1 aliphatic rings. The van der Waals surface area contributed by atoms with Crippen molar-refractivity contribution in [2.45, 2.75) is 26.4 Å². The molecule has 21 heavy (non-hydrogen) atoms. The number of carbonyl (C=O) groups is 2. The lowest BCUT2D eigenvalue weighted by molar-refractivity contribution is -0.132. The second-order valence-electron chi connectivity index (χ2n) is 5.42. The Morgan fingerprint density at radius 3 is 2.33 bits per heavy atom. The minimum absolute atomic E-state index is 0.0372. The lowest BCUT2D eigenvalue weighted by Gasteiger charge is -2.37. The van der Waals surface area contributed by atoms with Gasteiger partial charge in [0.1, 0.15) is 0 Å². The second-order valence-corrected chi connectivity index (χ2v) is 5.42. The van der Waals surface area contributed by atoms with Gasteiger partial charge in [-0.25, -0.2) is 0 Å². The van der Waals surface area contributed by atoms with E-state index in [0.29, 0.717) is 19.6 Å². The van der Waals surface area contributed by atoms with Crippen LogP contribution in [-0.4, -0.2) is 53.8 Å². The first-order chi connectivity index (χ1) is 10.1. The summed E-state index contributed by atoms with van der Waals surface area (Å²) in [5.74, 6) is 0.144. The highest BCUT2D eigenvalue weighted by molar-refractivity contribution is 5.81. The minimum atomic E-state index is -0.164. The third-order valence-electron chi connectivity index (χ3n) is 4.00. The highest BCUT2D eigenvalue weighted by atomic mass is 16.2. The molecule has 1 aromatic carbocycles. The van der Waals surface area contributed by atoms with Crippen molar-refractivity contribution in [2.75, 3.05) is 26.2 Å². The molecule has 2 amide bonds. The molecule has 1 heterocycles. The number of piperazine rings is 1. The van der Waals surface area contributed by atoms with Crippen molar-refractivity contribution < 1.29 is 9.59 Å². The van der Waals surface area contributed by atoms with Crippen molar-refractivity contribution in [1.29, 1.82) is 0 Å². The smallest absolute Gasteiger partial charge is 0.237 e. The van der Waals surface area contributed by atoms with Crippen LogP contribution in [0, 0.1) is 0 Å². The molecule has 114 valence electrons. The zero-order chi connectivity index (χ0) is 15.2. The Balaban J connectivity index is 1.79.